The SMILES string of the molecule is CN1CCN(c2cc(C(=O)Nc3cc4nc(-c5cc(N)cc(F)c5)ccc4cn3)ccn2)CC1. The van der Waals surface area contributed by atoms with Gasteiger partial charge >= 0.3 is 0 Å². The summed E-state index contributed by atoms with van der Waals surface area (Å²) in [6, 6.07) is 13.1. The molecule has 34 heavy (non-hydrogen) atoms. The lowest BCUT2D eigenvalue weighted by molar-refractivity contribution is 0.102. The molecule has 0 radical (unpaired) electrons. The number of benzene rings is 1. The number of carbonyl (C=O) groups is 1. The van der Waals surface area contributed by atoms with Crippen LogP contribution in [0.2, 0.25) is 0 Å². The van der Waals surface area contributed by atoms with Gasteiger partial charge in [0.2, 0.25) is 0 Å². The first-order valence-corrected chi connectivity index (χ1v) is 11.0. The lowest BCUT2D eigenvalue weighted by Crippen LogP contribution is -2.44. The molecule has 0 saturated carbocycles. The van der Waals surface area contributed by atoms with Crippen molar-refractivity contribution in [2.24, 2.45) is 0 Å². The summed E-state index contributed by atoms with van der Waals surface area (Å²) in [4.78, 5) is 30.8. The maximum atomic E-state index is 13.8. The molecule has 1 fully saturated rings. The van der Waals surface area contributed by atoms with Crippen LogP contribution in [0.4, 0.5) is 21.7 Å². The number of fused-ring (bicyclic) bond motifs is 1. The summed E-state index contributed by atoms with van der Waals surface area (Å²) in [5, 5.41) is 3.64. The van der Waals surface area contributed by atoms with Gasteiger partial charge in [-0.15, -0.1) is 0 Å². The van der Waals surface area contributed by atoms with Gasteiger partial charge in [-0.3, -0.25) is 4.79 Å². The highest BCUT2D eigenvalue weighted by molar-refractivity contribution is 6.04. The van der Waals surface area contributed by atoms with Crippen LogP contribution in [-0.4, -0.2) is 59.0 Å². The van der Waals surface area contributed by atoms with E-state index in [0.717, 1.165) is 37.4 Å². The van der Waals surface area contributed by atoms with Gasteiger partial charge in [-0.2, -0.15) is 0 Å². The molecule has 8 nitrogen and oxygen atoms in total. The lowest BCUT2D eigenvalue weighted by atomic mass is 10.1. The molecule has 1 amide bonds. The van der Waals surface area contributed by atoms with Gasteiger partial charge in [0.15, 0.2) is 0 Å². The lowest BCUT2D eigenvalue weighted by Gasteiger charge is -2.33. The third-order valence-electron chi connectivity index (χ3n) is 5.87. The molecular formula is C25H24FN7O. The standard InChI is InChI=1S/C25H24FN7O/c1-32-6-8-33(9-7-32)24-12-16(4-5-28-24)25(34)31-23-14-22-17(15-29-23)2-3-21(30-22)18-10-19(26)13-20(27)11-18/h2-5,10-15H,6-9,27H2,1H3,(H,29,31,34). The van der Waals surface area contributed by atoms with Crippen LogP contribution in [-0.2, 0) is 0 Å². The van der Waals surface area contributed by atoms with Crippen LogP contribution in [0.3, 0.4) is 0 Å². The molecule has 0 aliphatic carbocycles. The Morgan fingerprint density at radius 3 is 2.65 bits per heavy atom. The zero-order valence-electron chi connectivity index (χ0n) is 18.7. The Labute approximate surface area is 196 Å². The summed E-state index contributed by atoms with van der Waals surface area (Å²) in [6.45, 7) is 3.64. The number of pyridine rings is 3. The Morgan fingerprint density at radius 1 is 1.03 bits per heavy atom. The molecule has 4 heterocycles. The number of aromatic nitrogens is 3. The molecule has 0 atom stereocenters. The Balaban J connectivity index is 1.37. The topological polar surface area (TPSA) is 100 Å². The Morgan fingerprint density at radius 2 is 1.85 bits per heavy atom. The van der Waals surface area contributed by atoms with Crippen molar-refractivity contribution in [3.8, 4) is 11.3 Å². The van der Waals surface area contributed by atoms with Gasteiger partial charge in [0.1, 0.15) is 17.5 Å². The largest absolute Gasteiger partial charge is 0.399 e. The molecule has 1 saturated heterocycles. The number of carbonyl (C=O) groups excluding carboxylic acids is 1. The molecule has 172 valence electrons. The fourth-order valence-corrected chi connectivity index (χ4v) is 3.96. The van der Waals surface area contributed by atoms with E-state index in [2.05, 4.69) is 37.1 Å². The number of nitrogen functional groups attached to an aromatic ring is 1. The van der Waals surface area contributed by atoms with Crippen LogP contribution in [0.15, 0.2) is 60.9 Å². The van der Waals surface area contributed by atoms with Crippen LogP contribution in [0.5, 0.6) is 0 Å². The van der Waals surface area contributed by atoms with E-state index in [4.69, 9.17) is 5.73 Å². The summed E-state index contributed by atoms with van der Waals surface area (Å²) < 4.78 is 13.8. The van der Waals surface area contributed by atoms with Gasteiger partial charge < -0.3 is 20.9 Å². The molecular weight excluding hydrogens is 433 g/mol. The third kappa shape index (κ3) is 4.65. The van der Waals surface area contributed by atoms with E-state index in [1.54, 1.807) is 42.7 Å². The number of anilines is 3. The predicted octanol–water partition coefficient (Wildman–Crippen LogP) is 3.42. The number of nitrogens with two attached hydrogens (primary N) is 1. The zero-order valence-corrected chi connectivity index (χ0v) is 18.7. The minimum atomic E-state index is -0.423. The fraction of sp³-hybridized carbons (Fsp3) is 0.200. The van der Waals surface area contributed by atoms with Gasteiger partial charge in [-0.05, 0) is 49.5 Å². The Kier molecular flexibility index (Phi) is 5.77. The van der Waals surface area contributed by atoms with Crippen LogP contribution >= 0.6 is 0 Å². The number of hydrogen-bond acceptors (Lipinski definition) is 7. The van der Waals surface area contributed by atoms with Gasteiger partial charge in [0, 0.05) is 66.8 Å². The smallest absolute Gasteiger partial charge is 0.257 e. The quantitative estimate of drug-likeness (QED) is 0.453. The molecule has 1 aliphatic heterocycles. The summed E-state index contributed by atoms with van der Waals surface area (Å²) in [5.41, 5.74) is 8.38. The van der Waals surface area contributed by atoms with E-state index in [1.165, 1.54) is 12.1 Å². The van der Waals surface area contributed by atoms with Crippen molar-refractivity contribution in [2.75, 3.05) is 49.2 Å². The predicted molar refractivity (Wildman–Crippen MR) is 131 cm³/mol. The fourth-order valence-electron chi connectivity index (χ4n) is 3.96. The van der Waals surface area contributed by atoms with E-state index in [1.807, 2.05) is 6.07 Å². The van der Waals surface area contributed by atoms with Crippen molar-refractivity contribution in [1.82, 2.24) is 19.9 Å². The molecule has 4 aromatic rings. The van der Waals surface area contributed by atoms with E-state index >= 15 is 0 Å². The zero-order chi connectivity index (χ0) is 23.7. The minimum absolute atomic E-state index is 0.279. The molecule has 5 rings (SSSR count). The number of rotatable bonds is 4. The number of nitrogens with zero attached hydrogens (tertiary/aromatic N) is 5. The second kappa shape index (κ2) is 9.03. The van der Waals surface area contributed by atoms with Gasteiger partial charge in [-0.1, -0.05) is 0 Å². The molecule has 1 aromatic carbocycles. The first-order valence-electron chi connectivity index (χ1n) is 11.0. The van der Waals surface area contributed by atoms with Crippen molar-refractivity contribution < 1.29 is 9.18 Å². The number of nitrogens with one attached hydrogen (secondary N) is 1. The van der Waals surface area contributed by atoms with E-state index in [9.17, 15) is 9.18 Å². The van der Waals surface area contributed by atoms with Crippen LogP contribution in [0, 0.1) is 5.82 Å². The molecule has 9 heteroatoms. The molecule has 3 aromatic heterocycles. The van der Waals surface area contributed by atoms with Crippen molar-refractivity contribution >= 4 is 34.1 Å². The third-order valence-corrected chi connectivity index (χ3v) is 5.87. The molecule has 0 bridgehead atoms. The van der Waals surface area contributed by atoms with Crippen molar-refractivity contribution in [2.45, 2.75) is 0 Å². The van der Waals surface area contributed by atoms with Crippen molar-refractivity contribution in [1.29, 1.82) is 0 Å². The van der Waals surface area contributed by atoms with Gasteiger partial charge in [0.05, 0.1) is 11.2 Å². The monoisotopic (exact) mass is 457 g/mol. The Hall–Kier alpha value is -4.11. The molecule has 3 N–H and O–H groups in total. The molecule has 1 aliphatic rings. The second-order valence-electron chi connectivity index (χ2n) is 8.38. The van der Waals surface area contributed by atoms with Gasteiger partial charge in [-0.25, -0.2) is 19.3 Å². The summed E-state index contributed by atoms with van der Waals surface area (Å²) in [5.74, 6) is 0.457. The number of halogens is 1. The van der Waals surface area contributed by atoms with Crippen LogP contribution in [0.25, 0.3) is 22.2 Å². The Bertz CT molecular complexity index is 1350. The number of hydrogen-bond donors (Lipinski definition) is 2. The average Bonchev–Trinajstić information content (AvgIpc) is 2.83. The highest BCUT2D eigenvalue weighted by Gasteiger charge is 2.17. The number of piperazine rings is 1. The minimum Gasteiger partial charge on any atom is -0.399 e. The van der Waals surface area contributed by atoms with Crippen LogP contribution < -0.4 is 16.0 Å². The maximum Gasteiger partial charge on any atom is 0.257 e. The first-order chi connectivity index (χ1) is 16.4. The highest BCUT2D eigenvalue weighted by Crippen LogP contribution is 2.25. The number of likely N-dealkylation sites (N-methyl/N-ethyl adjacent to an activating group) is 1. The maximum absolute atomic E-state index is 13.8. The van der Waals surface area contributed by atoms with E-state index in [0.29, 0.717) is 33.8 Å². The normalized spacial score (nSPS) is 14.4. The van der Waals surface area contributed by atoms with Crippen molar-refractivity contribution in [3.05, 3.63) is 72.3 Å². The molecule has 0 spiro atoms. The molecule has 0 unspecified atom stereocenters. The average molecular weight is 458 g/mol. The second-order valence-corrected chi connectivity index (χ2v) is 8.38. The summed E-state index contributed by atoms with van der Waals surface area (Å²) >= 11 is 0. The summed E-state index contributed by atoms with van der Waals surface area (Å²) in [6.07, 6.45) is 3.29. The van der Waals surface area contributed by atoms with Gasteiger partial charge in [0.25, 0.3) is 5.91 Å². The van der Waals surface area contributed by atoms with E-state index < -0.39 is 5.82 Å². The highest BCUT2D eigenvalue weighted by atomic mass is 19.1. The van der Waals surface area contributed by atoms with Crippen molar-refractivity contribution in [3.63, 3.8) is 0 Å². The number of amides is 1. The van der Waals surface area contributed by atoms with Crippen LogP contribution in [0.1, 0.15) is 10.4 Å². The van der Waals surface area contributed by atoms with E-state index in [-0.39, 0.29) is 5.91 Å². The first kappa shape index (κ1) is 21.7. The summed E-state index contributed by atoms with van der Waals surface area (Å²) in [7, 11) is 2.09.